The van der Waals surface area contributed by atoms with Crippen LogP contribution in [0, 0.1) is 0 Å². The molecule has 0 fully saturated rings. The van der Waals surface area contributed by atoms with E-state index in [2.05, 4.69) is 43.8 Å². The van der Waals surface area contributed by atoms with Crippen molar-refractivity contribution in [2.24, 2.45) is 0 Å². The Labute approximate surface area is 179 Å². The van der Waals surface area contributed by atoms with Gasteiger partial charge in [0.2, 0.25) is 0 Å². The highest BCUT2D eigenvalue weighted by atomic mass is 35.5. The van der Waals surface area contributed by atoms with Gasteiger partial charge in [-0.2, -0.15) is 0 Å². The topological polar surface area (TPSA) is 72.0 Å². The third-order valence-corrected chi connectivity index (χ3v) is 11.2. The first-order valence-electron chi connectivity index (χ1n) is 9.55. The number of H-pyrrole nitrogens is 1. The van der Waals surface area contributed by atoms with Gasteiger partial charge in [-0.05, 0) is 36.3 Å². The fourth-order valence-electron chi connectivity index (χ4n) is 2.97. The van der Waals surface area contributed by atoms with Crippen molar-refractivity contribution in [3.8, 4) is 11.1 Å². The van der Waals surface area contributed by atoms with E-state index in [0.29, 0.717) is 22.8 Å². The molecule has 0 unspecified atom stereocenters. The normalized spacial score (nSPS) is 12.8. The zero-order valence-electron chi connectivity index (χ0n) is 17.4. The van der Waals surface area contributed by atoms with Crippen molar-refractivity contribution in [2.75, 3.05) is 6.61 Å². The van der Waals surface area contributed by atoms with Crippen molar-refractivity contribution in [3.63, 3.8) is 0 Å². The quantitative estimate of drug-likeness (QED) is 0.299. The van der Waals surface area contributed by atoms with Crippen LogP contribution >= 0.6 is 11.6 Å². The van der Waals surface area contributed by atoms with Gasteiger partial charge >= 0.3 is 0 Å². The number of hydrogen-bond donors (Lipinski definition) is 2. The molecule has 0 aliphatic heterocycles. The molecule has 0 amide bonds. The highest BCUT2D eigenvalue weighted by molar-refractivity contribution is 7.72. The summed E-state index contributed by atoms with van der Waals surface area (Å²) in [7, 11) is -4.53. The molecular weight excluding hydrogens is 424 g/mol. The molecule has 0 spiro atoms. The van der Waals surface area contributed by atoms with Crippen molar-refractivity contribution in [1.29, 1.82) is 0 Å². The largest absolute Gasteiger partial charge is 0.416 e. The number of nitrogens with zero attached hydrogens (tertiary/aromatic N) is 1. The highest BCUT2D eigenvalue weighted by Gasteiger charge is 2.36. The molecule has 1 N–H and O–H groups in total. The lowest BCUT2D eigenvalue weighted by atomic mass is 10.1. The average molecular weight is 451 g/mol. The summed E-state index contributed by atoms with van der Waals surface area (Å²) in [6, 6.07) is 10.6. The molecule has 0 radical (unpaired) electrons. The van der Waals surface area contributed by atoms with Crippen molar-refractivity contribution in [1.82, 2.24) is 9.97 Å². The predicted molar refractivity (Wildman–Crippen MR) is 122 cm³/mol. The number of thiol groups is 1. The van der Waals surface area contributed by atoms with Gasteiger partial charge in [0, 0.05) is 29.8 Å². The van der Waals surface area contributed by atoms with Gasteiger partial charge in [-0.3, -0.25) is 0 Å². The molecule has 0 saturated heterocycles. The molecule has 0 atom stereocenters. The minimum Gasteiger partial charge on any atom is -0.416 e. The number of pyridine rings is 1. The summed E-state index contributed by atoms with van der Waals surface area (Å²) in [6.45, 7) is 11.8. The van der Waals surface area contributed by atoms with E-state index in [1.165, 1.54) is 0 Å². The van der Waals surface area contributed by atoms with Gasteiger partial charge in [-0.1, -0.05) is 50.6 Å². The van der Waals surface area contributed by atoms with Crippen molar-refractivity contribution >= 4 is 41.7 Å². The molecule has 0 aliphatic rings. The fraction of sp³-hybridized carbons (Fsp3) is 0.381. The van der Waals surface area contributed by atoms with Crippen molar-refractivity contribution in [3.05, 3.63) is 47.2 Å². The second-order valence-electron chi connectivity index (χ2n) is 8.68. The Balaban J connectivity index is 1.95. The van der Waals surface area contributed by atoms with E-state index in [9.17, 15) is 8.42 Å². The minimum atomic E-state index is -2.72. The lowest BCUT2D eigenvalue weighted by Crippen LogP contribution is -2.41. The van der Waals surface area contributed by atoms with Gasteiger partial charge in [0.15, 0.2) is 19.0 Å². The summed E-state index contributed by atoms with van der Waals surface area (Å²) in [5.74, 6) is 0. The Kier molecular flexibility index (Phi) is 6.24. The van der Waals surface area contributed by atoms with Gasteiger partial charge in [-0.25, -0.2) is 13.4 Å². The number of rotatable bonds is 6. The molecule has 5 nitrogen and oxygen atoms in total. The Hall–Kier alpha value is -1.67. The molecule has 0 aliphatic carbocycles. The van der Waals surface area contributed by atoms with E-state index in [1.807, 2.05) is 12.1 Å². The molecule has 3 rings (SSSR count). The standard InChI is InChI=1S/C21H27ClN2O3SSi/c1-21(2,3)29(4,5)27-11-10-14-12-17-20(23-14)16(13-19(22)24-17)15-8-6-7-9-18(15)28(25)26/h6-9,12-13,23,28H,10-11H2,1-5H3. The van der Waals surface area contributed by atoms with E-state index < -0.39 is 19.0 Å². The number of nitrogens with one attached hydrogen (secondary N) is 1. The van der Waals surface area contributed by atoms with Gasteiger partial charge in [0.1, 0.15) is 5.15 Å². The van der Waals surface area contributed by atoms with Crippen LogP contribution in [0.2, 0.25) is 23.3 Å². The molecule has 2 aromatic heterocycles. The monoisotopic (exact) mass is 450 g/mol. The summed E-state index contributed by atoms with van der Waals surface area (Å²) in [6.07, 6.45) is 0.720. The van der Waals surface area contributed by atoms with E-state index in [0.717, 1.165) is 23.2 Å². The molecule has 0 bridgehead atoms. The van der Waals surface area contributed by atoms with Crippen LogP contribution in [0.15, 0.2) is 41.3 Å². The molecule has 8 heteroatoms. The lowest BCUT2D eigenvalue weighted by Gasteiger charge is -2.36. The number of halogens is 1. The van der Waals surface area contributed by atoms with Crippen LogP contribution in [0.5, 0.6) is 0 Å². The van der Waals surface area contributed by atoms with Gasteiger partial charge in [0.05, 0.1) is 15.9 Å². The Bertz CT molecular complexity index is 1110. The third kappa shape index (κ3) is 4.74. The molecule has 156 valence electrons. The lowest BCUT2D eigenvalue weighted by molar-refractivity contribution is 0.291. The highest BCUT2D eigenvalue weighted by Crippen LogP contribution is 2.37. The molecule has 1 aromatic carbocycles. The first-order valence-corrected chi connectivity index (χ1v) is 14.0. The predicted octanol–water partition coefficient (Wildman–Crippen LogP) is 5.42. The van der Waals surface area contributed by atoms with E-state index in [1.54, 1.807) is 24.3 Å². The van der Waals surface area contributed by atoms with E-state index in [-0.39, 0.29) is 9.93 Å². The Morgan fingerprint density at radius 2 is 1.83 bits per heavy atom. The SMILES string of the molecule is CC(C)(C)[Si](C)(C)OCCc1cc2nc(Cl)cc(-c3ccccc3[SH](=O)=O)c2[nH]1. The maximum Gasteiger partial charge on any atom is 0.191 e. The number of aromatic nitrogens is 2. The summed E-state index contributed by atoms with van der Waals surface area (Å²) >= 11 is 6.23. The zero-order valence-corrected chi connectivity index (χ0v) is 20.0. The van der Waals surface area contributed by atoms with Gasteiger partial charge in [-0.15, -0.1) is 0 Å². The van der Waals surface area contributed by atoms with E-state index >= 15 is 0 Å². The molecular formula is C21H27ClN2O3SSi. The first kappa shape index (κ1) is 22.0. The molecule has 29 heavy (non-hydrogen) atoms. The second kappa shape index (κ2) is 8.22. The fourth-order valence-corrected chi connectivity index (χ4v) is 4.82. The number of aromatic amines is 1. The maximum absolute atomic E-state index is 11.7. The number of benzene rings is 1. The third-order valence-electron chi connectivity index (χ3n) is 5.64. The Morgan fingerprint density at radius 3 is 2.48 bits per heavy atom. The zero-order chi connectivity index (χ0) is 21.4. The van der Waals surface area contributed by atoms with E-state index in [4.69, 9.17) is 16.0 Å². The van der Waals surface area contributed by atoms with Gasteiger partial charge < -0.3 is 9.41 Å². The van der Waals surface area contributed by atoms with Crippen LogP contribution < -0.4 is 0 Å². The minimum absolute atomic E-state index is 0.161. The average Bonchev–Trinajstić information content (AvgIpc) is 3.02. The first-order chi connectivity index (χ1) is 13.5. The van der Waals surface area contributed by atoms with Crippen LogP contribution in [-0.4, -0.2) is 33.3 Å². The van der Waals surface area contributed by atoms with Crippen LogP contribution in [0.1, 0.15) is 26.5 Å². The van der Waals surface area contributed by atoms with Crippen molar-refractivity contribution < 1.29 is 12.8 Å². The second-order valence-corrected chi connectivity index (χ2v) is 14.9. The summed E-state index contributed by atoms with van der Waals surface area (Å²) < 4.78 is 29.7. The van der Waals surface area contributed by atoms with Crippen LogP contribution in [0.4, 0.5) is 0 Å². The maximum atomic E-state index is 11.7. The number of hydrogen-bond acceptors (Lipinski definition) is 4. The van der Waals surface area contributed by atoms with Crippen LogP contribution in [0.3, 0.4) is 0 Å². The molecule has 2 heterocycles. The van der Waals surface area contributed by atoms with Crippen LogP contribution in [0.25, 0.3) is 22.2 Å². The smallest absolute Gasteiger partial charge is 0.191 e. The van der Waals surface area contributed by atoms with Crippen LogP contribution in [-0.2, 0) is 21.6 Å². The summed E-state index contributed by atoms with van der Waals surface area (Å²) in [4.78, 5) is 8.07. The Morgan fingerprint density at radius 1 is 1.14 bits per heavy atom. The van der Waals surface area contributed by atoms with Gasteiger partial charge in [0.25, 0.3) is 0 Å². The molecule has 3 aromatic rings. The summed E-state index contributed by atoms with van der Waals surface area (Å²) in [5.41, 5.74) is 3.82. The molecule has 0 saturated carbocycles. The van der Waals surface area contributed by atoms with Crippen molar-refractivity contribution in [2.45, 2.75) is 50.2 Å². The number of fused-ring (bicyclic) bond motifs is 1. The summed E-state index contributed by atoms with van der Waals surface area (Å²) in [5, 5.41) is 0.487.